The summed E-state index contributed by atoms with van der Waals surface area (Å²) >= 11 is 0. The number of nitrogens with two attached hydrogens (primary N) is 1. The first-order valence-electron chi connectivity index (χ1n) is 5.27. The van der Waals surface area contributed by atoms with Crippen LogP contribution in [0, 0.1) is 6.92 Å². The summed E-state index contributed by atoms with van der Waals surface area (Å²) in [6, 6.07) is 15.2. The molecule has 0 radical (unpaired) electrons. The highest BCUT2D eigenvalue weighted by Crippen LogP contribution is 2.23. The van der Waals surface area contributed by atoms with Gasteiger partial charge in [0.15, 0.2) is 0 Å². The van der Waals surface area contributed by atoms with Gasteiger partial charge in [0.2, 0.25) is 0 Å². The van der Waals surface area contributed by atoms with Crippen molar-refractivity contribution in [1.29, 1.82) is 0 Å². The number of hydrogen-bond donors (Lipinski definition) is 2. The molecule has 0 fully saturated rings. The second-order valence-electron chi connectivity index (χ2n) is 3.98. The predicted octanol–water partition coefficient (Wildman–Crippen LogP) is 2.66. The van der Waals surface area contributed by atoms with Crippen molar-refractivity contribution in [2.75, 3.05) is 5.73 Å². The quantitative estimate of drug-likeness (QED) is 0.753. The van der Waals surface area contributed by atoms with E-state index in [2.05, 4.69) is 0 Å². The lowest BCUT2D eigenvalue weighted by atomic mass is 10.00. The molecule has 0 aliphatic rings. The van der Waals surface area contributed by atoms with Crippen LogP contribution in [0.25, 0.3) is 0 Å². The van der Waals surface area contributed by atoms with Crippen LogP contribution in [-0.2, 0) is 0 Å². The molecule has 0 saturated carbocycles. The van der Waals surface area contributed by atoms with Crippen molar-refractivity contribution in [2.45, 2.75) is 13.0 Å². The second kappa shape index (κ2) is 4.37. The molecule has 16 heavy (non-hydrogen) atoms. The highest BCUT2D eigenvalue weighted by Gasteiger charge is 2.09. The molecule has 2 nitrogen and oxygen atoms in total. The highest BCUT2D eigenvalue weighted by molar-refractivity contribution is 5.42. The van der Waals surface area contributed by atoms with Gasteiger partial charge in [0.05, 0.1) is 0 Å². The van der Waals surface area contributed by atoms with Crippen LogP contribution in [0.1, 0.15) is 22.8 Å². The lowest BCUT2D eigenvalue weighted by Gasteiger charge is -2.12. The highest BCUT2D eigenvalue weighted by atomic mass is 16.3. The zero-order valence-electron chi connectivity index (χ0n) is 9.22. The van der Waals surface area contributed by atoms with E-state index in [9.17, 15) is 5.11 Å². The van der Waals surface area contributed by atoms with E-state index < -0.39 is 6.10 Å². The van der Waals surface area contributed by atoms with Crippen LogP contribution in [0.15, 0.2) is 48.5 Å². The zero-order chi connectivity index (χ0) is 11.5. The predicted molar refractivity (Wildman–Crippen MR) is 66.1 cm³/mol. The van der Waals surface area contributed by atoms with E-state index in [0.717, 1.165) is 16.7 Å². The third kappa shape index (κ3) is 2.23. The average Bonchev–Trinajstić information content (AvgIpc) is 2.29. The third-order valence-electron chi connectivity index (χ3n) is 2.61. The van der Waals surface area contributed by atoms with Crippen molar-refractivity contribution in [3.05, 3.63) is 65.2 Å². The number of aryl methyl sites for hydroxylation is 1. The average molecular weight is 213 g/mol. The van der Waals surface area contributed by atoms with Crippen molar-refractivity contribution >= 4 is 5.69 Å². The zero-order valence-corrected chi connectivity index (χ0v) is 9.22. The Morgan fingerprint density at radius 2 is 1.69 bits per heavy atom. The van der Waals surface area contributed by atoms with Crippen LogP contribution in [-0.4, -0.2) is 5.11 Å². The number of nitrogen functional groups attached to an aromatic ring is 1. The molecule has 0 amide bonds. The summed E-state index contributed by atoms with van der Waals surface area (Å²) in [5, 5.41) is 10.2. The maximum absolute atomic E-state index is 10.2. The Morgan fingerprint density at radius 1 is 1.00 bits per heavy atom. The van der Waals surface area contributed by atoms with Gasteiger partial charge in [-0.1, -0.05) is 42.0 Å². The Morgan fingerprint density at radius 3 is 2.31 bits per heavy atom. The molecule has 0 aromatic heterocycles. The van der Waals surface area contributed by atoms with Gasteiger partial charge in [-0.15, -0.1) is 0 Å². The summed E-state index contributed by atoms with van der Waals surface area (Å²) in [6.07, 6.45) is -0.583. The van der Waals surface area contributed by atoms with Gasteiger partial charge in [0.25, 0.3) is 0 Å². The summed E-state index contributed by atoms with van der Waals surface area (Å²) in [5.74, 6) is 0. The second-order valence-corrected chi connectivity index (χ2v) is 3.98. The van der Waals surface area contributed by atoms with E-state index >= 15 is 0 Å². The Hall–Kier alpha value is -1.80. The molecule has 0 heterocycles. The maximum atomic E-state index is 10.2. The molecule has 1 atom stereocenters. The Bertz CT molecular complexity index is 476. The number of aliphatic hydroxyl groups excluding tert-OH is 1. The van der Waals surface area contributed by atoms with Crippen molar-refractivity contribution < 1.29 is 5.11 Å². The smallest absolute Gasteiger partial charge is 0.104 e. The van der Waals surface area contributed by atoms with Crippen LogP contribution in [0.4, 0.5) is 5.69 Å². The standard InChI is InChI=1S/C14H15NO/c1-10-3-2-4-12(9-10)14(16)11-5-7-13(15)8-6-11/h2-9,14,16H,15H2,1H3. The van der Waals surface area contributed by atoms with E-state index in [0.29, 0.717) is 5.69 Å². The molecule has 0 saturated heterocycles. The Balaban J connectivity index is 2.31. The molecule has 0 spiro atoms. The molecule has 2 aromatic carbocycles. The van der Waals surface area contributed by atoms with Crippen molar-refractivity contribution in [3.8, 4) is 0 Å². The van der Waals surface area contributed by atoms with Gasteiger partial charge in [0, 0.05) is 5.69 Å². The lowest BCUT2D eigenvalue weighted by Crippen LogP contribution is -2.00. The monoisotopic (exact) mass is 213 g/mol. The van der Waals surface area contributed by atoms with E-state index in [4.69, 9.17) is 5.73 Å². The molecule has 0 bridgehead atoms. The molecule has 1 unspecified atom stereocenters. The van der Waals surface area contributed by atoms with E-state index in [1.54, 1.807) is 12.1 Å². The number of aliphatic hydroxyl groups is 1. The van der Waals surface area contributed by atoms with Gasteiger partial charge >= 0.3 is 0 Å². The molecule has 82 valence electrons. The molecule has 2 aromatic rings. The molecule has 0 aliphatic carbocycles. The first-order valence-corrected chi connectivity index (χ1v) is 5.27. The number of benzene rings is 2. The molecule has 2 rings (SSSR count). The van der Waals surface area contributed by atoms with Crippen molar-refractivity contribution in [1.82, 2.24) is 0 Å². The van der Waals surface area contributed by atoms with Gasteiger partial charge in [-0.05, 0) is 30.2 Å². The lowest BCUT2D eigenvalue weighted by molar-refractivity contribution is 0.220. The van der Waals surface area contributed by atoms with Gasteiger partial charge < -0.3 is 10.8 Å². The van der Waals surface area contributed by atoms with Gasteiger partial charge in [0.1, 0.15) is 6.10 Å². The Kier molecular flexibility index (Phi) is 2.93. The fourth-order valence-electron chi connectivity index (χ4n) is 1.71. The van der Waals surface area contributed by atoms with E-state index in [1.807, 2.05) is 43.3 Å². The minimum absolute atomic E-state index is 0.583. The van der Waals surface area contributed by atoms with Gasteiger partial charge in [-0.2, -0.15) is 0 Å². The van der Waals surface area contributed by atoms with Crippen LogP contribution in [0.5, 0.6) is 0 Å². The van der Waals surface area contributed by atoms with Crippen LogP contribution < -0.4 is 5.73 Å². The summed E-state index contributed by atoms with van der Waals surface area (Å²) in [7, 11) is 0. The van der Waals surface area contributed by atoms with Crippen LogP contribution >= 0.6 is 0 Å². The minimum Gasteiger partial charge on any atom is -0.399 e. The summed E-state index contributed by atoms with van der Waals surface area (Å²) in [5.41, 5.74) is 9.23. The molecular weight excluding hydrogens is 198 g/mol. The summed E-state index contributed by atoms with van der Waals surface area (Å²) < 4.78 is 0. The maximum Gasteiger partial charge on any atom is 0.104 e. The fraction of sp³-hybridized carbons (Fsp3) is 0.143. The topological polar surface area (TPSA) is 46.2 Å². The third-order valence-corrected chi connectivity index (χ3v) is 2.61. The number of hydrogen-bond acceptors (Lipinski definition) is 2. The van der Waals surface area contributed by atoms with Crippen LogP contribution in [0.3, 0.4) is 0 Å². The minimum atomic E-state index is -0.583. The first-order chi connectivity index (χ1) is 7.66. The van der Waals surface area contributed by atoms with Crippen molar-refractivity contribution in [2.24, 2.45) is 0 Å². The molecule has 3 N–H and O–H groups in total. The van der Waals surface area contributed by atoms with Crippen LogP contribution in [0.2, 0.25) is 0 Å². The van der Waals surface area contributed by atoms with Gasteiger partial charge in [-0.3, -0.25) is 0 Å². The Labute approximate surface area is 95.4 Å². The molecular formula is C14H15NO. The number of rotatable bonds is 2. The normalized spacial score (nSPS) is 12.4. The molecule has 0 aliphatic heterocycles. The van der Waals surface area contributed by atoms with Crippen molar-refractivity contribution in [3.63, 3.8) is 0 Å². The molecule has 2 heteroatoms. The fourth-order valence-corrected chi connectivity index (χ4v) is 1.71. The first kappa shape index (κ1) is 10.7. The number of anilines is 1. The SMILES string of the molecule is Cc1cccc(C(O)c2ccc(N)cc2)c1. The van der Waals surface area contributed by atoms with E-state index in [1.165, 1.54) is 0 Å². The van der Waals surface area contributed by atoms with E-state index in [-0.39, 0.29) is 0 Å². The summed E-state index contributed by atoms with van der Waals surface area (Å²) in [4.78, 5) is 0. The van der Waals surface area contributed by atoms with Gasteiger partial charge in [-0.25, -0.2) is 0 Å². The largest absolute Gasteiger partial charge is 0.399 e. The summed E-state index contributed by atoms with van der Waals surface area (Å²) in [6.45, 7) is 2.01.